The van der Waals surface area contributed by atoms with Gasteiger partial charge in [0.2, 0.25) is 5.95 Å². The standard InChI is InChI=1S/C7H5NO4.C2H4N4.Cu.H2O/c9-6(10)4-2-1-3-5(8-4)7(11)12;3-2-4-1-5-6-2;;/h1-3H,(H,9,10)(H,11,12);1H,(H3,3,4,5,6);;1H2/q;;+2;/p-2. The Morgan fingerprint density at radius 2 is 1.65 bits per heavy atom. The van der Waals surface area contributed by atoms with Crippen LogP contribution in [0, 0.1) is 0 Å². The summed E-state index contributed by atoms with van der Waals surface area (Å²) in [7, 11) is 0. The molecule has 0 spiro atoms. The minimum absolute atomic E-state index is 0. The SMILES string of the molecule is Nc1ncn[nH]1.O.O=C([O-])c1cccc(C(=O)[O-])n1.[Cu+2]. The van der Waals surface area contributed by atoms with Gasteiger partial charge < -0.3 is 31.0 Å². The van der Waals surface area contributed by atoms with Gasteiger partial charge in [-0.05, 0) is 12.1 Å². The molecule has 0 amide bonds. The summed E-state index contributed by atoms with van der Waals surface area (Å²) in [6.07, 6.45) is 1.36. The predicted octanol–water partition coefficient (Wildman–Crippen LogP) is -3.63. The van der Waals surface area contributed by atoms with Crippen LogP contribution in [0.3, 0.4) is 0 Å². The minimum atomic E-state index is -1.52. The maximum atomic E-state index is 10.2. The molecule has 20 heavy (non-hydrogen) atoms. The van der Waals surface area contributed by atoms with E-state index in [0.717, 1.165) is 12.1 Å². The zero-order valence-corrected chi connectivity index (χ0v) is 10.6. The van der Waals surface area contributed by atoms with Crippen LogP contribution in [0.1, 0.15) is 21.0 Å². The van der Waals surface area contributed by atoms with Crippen molar-refractivity contribution in [1.29, 1.82) is 0 Å². The number of carboxylic acids is 2. The van der Waals surface area contributed by atoms with E-state index in [4.69, 9.17) is 5.73 Å². The molecular formula is C9H9CuN5O5. The summed E-state index contributed by atoms with van der Waals surface area (Å²) in [6, 6.07) is 3.53. The minimum Gasteiger partial charge on any atom is -0.543 e. The molecule has 2 heterocycles. The number of carbonyl (C=O) groups is 2. The number of aromatic amines is 1. The van der Waals surface area contributed by atoms with E-state index in [2.05, 4.69) is 20.2 Å². The molecule has 10 nitrogen and oxygen atoms in total. The molecule has 0 aliphatic carbocycles. The first kappa shape index (κ1) is 19.8. The fourth-order valence-electron chi connectivity index (χ4n) is 0.877. The molecule has 11 heteroatoms. The van der Waals surface area contributed by atoms with Crippen LogP contribution in [0.2, 0.25) is 0 Å². The monoisotopic (exact) mass is 330 g/mol. The average Bonchev–Trinajstić information content (AvgIpc) is 2.81. The van der Waals surface area contributed by atoms with E-state index in [1.165, 1.54) is 12.4 Å². The van der Waals surface area contributed by atoms with Crippen LogP contribution in [-0.4, -0.2) is 37.6 Å². The second kappa shape index (κ2) is 9.44. The van der Waals surface area contributed by atoms with Gasteiger partial charge >= 0.3 is 17.1 Å². The summed E-state index contributed by atoms with van der Waals surface area (Å²) in [5.41, 5.74) is 4.21. The van der Waals surface area contributed by atoms with E-state index in [-0.39, 0.29) is 22.5 Å². The van der Waals surface area contributed by atoms with Crippen molar-refractivity contribution in [3.05, 3.63) is 35.9 Å². The number of carboxylic acid groups (broad SMARTS) is 2. The second-order valence-corrected chi connectivity index (χ2v) is 2.85. The molecule has 0 aliphatic rings. The molecule has 0 atom stereocenters. The van der Waals surface area contributed by atoms with Crippen molar-refractivity contribution >= 4 is 17.9 Å². The third kappa shape index (κ3) is 6.44. The van der Waals surface area contributed by atoms with E-state index < -0.39 is 23.3 Å². The van der Waals surface area contributed by atoms with Crippen LogP contribution in [0.15, 0.2) is 24.5 Å². The topological polar surface area (TPSA) is 192 Å². The number of nitrogens with zero attached hydrogens (tertiary/aromatic N) is 3. The van der Waals surface area contributed by atoms with E-state index >= 15 is 0 Å². The number of nitrogens with two attached hydrogens (primary N) is 1. The molecule has 0 aromatic carbocycles. The number of carbonyl (C=O) groups excluding carboxylic acids is 2. The van der Waals surface area contributed by atoms with Crippen molar-refractivity contribution in [2.24, 2.45) is 0 Å². The van der Waals surface area contributed by atoms with Gasteiger partial charge in [0.1, 0.15) is 6.33 Å². The Bertz CT molecular complexity index is 518. The molecule has 2 rings (SSSR count). The number of rotatable bonds is 2. The summed E-state index contributed by atoms with van der Waals surface area (Å²) in [5.74, 6) is -2.67. The molecule has 0 fully saturated rings. The van der Waals surface area contributed by atoms with Crippen LogP contribution in [-0.2, 0) is 17.1 Å². The van der Waals surface area contributed by atoms with Crippen molar-refractivity contribution in [1.82, 2.24) is 20.2 Å². The number of hydrogen-bond acceptors (Lipinski definition) is 8. The van der Waals surface area contributed by atoms with Gasteiger partial charge in [-0.25, -0.2) is 15.1 Å². The van der Waals surface area contributed by atoms with E-state index in [9.17, 15) is 19.8 Å². The maximum Gasteiger partial charge on any atom is 2.00 e. The third-order valence-electron chi connectivity index (χ3n) is 1.60. The molecule has 0 saturated carbocycles. The van der Waals surface area contributed by atoms with Crippen LogP contribution < -0.4 is 15.9 Å². The normalized spacial score (nSPS) is 8.20. The zero-order chi connectivity index (χ0) is 13.5. The molecule has 5 N–H and O–H groups in total. The molecule has 0 aliphatic heterocycles. The van der Waals surface area contributed by atoms with Crippen molar-refractivity contribution < 1.29 is 42.3 Å². The number of pyridine rings is 1. The number of hydrogen-bond donors (Lipinski definition) is 2. The van der Waals surface area contributed by atoms with Crippen LogP contribution in [0.5, 0.6) is 0 Å². The summed E-state index contributed by atoms with van der Waals surface area (Å²) in [6.45, 7) is 0. The first-order valence-corrected chi connectivity index (χ1v) is 4.51. The van der Waals surface area contributed by atoms with Crippen LogP contribution >= 0.6 is 0 Å². The Labute approximate surface area is 122 Å². The van der Waals surface area contributed by atoms with Crippen LogP contribution in [0.25, 0.3) is 0 Å². The number of aromatic carboxylic acids is 2. The van der Waals surface area contributed by atoms with E-state index in [1.54, 1.807) is 0 Å². The largest absolute Gasteiger partial charge is 2.00 e. The fourth-order valence-corrected chi connectivity index (χ4v) is 0.877. The molecule has 1 radical (unpaired) electrons. The number of H-pyrrole nitrogens is 1. The first-order chi connectivity index (χ1) is 8.50. The van der Waals surface area contributed by atoms with Gasteiger partial charge in [-0.15, -0.1) is 0 Å². The third-order valence-corrected chi connectivity index (χ3v) is 1.60. The Morgan fingerprint density at radius 1 is 1.15 bits per heavy atom. The predicted molar refractivity (Wildman–Crippen MR) is 57.3 cm³/mol. The fraction of sp³-hybridized carbons (Fsp3) is 0. The van der Waals surface area contributed by atoms with Crippen molar-refractivity contribution in [2.45, 2.75) is 0 Å². The molecule has 0 saturated heterocycles. The smallest absolute Gasteiger partial charge is 0.543 e. The van der Waals surface area contributed by atoms with E-state index in [1.807, 2.05) is 0 Å². The average molecular weight is 331 g/mol. The Balaban J connectivity index is 0. The van der Waals surface area contributed by atoms with Gasteiger partial charge in [0.15, 0.2) is 0 Å². The van der Waals surface area contributed by atoms with Gasteiger partial charge in [-0.2, -0.15) is 5.10 Å². The van der Waals surface area contributed by atoms with Crippen molar-refractivity contribution in [2.75, 3.05) is 5.73 Å². The Hall–Kier alpha value is -2.49. The number of anilines is 1. The van der Waals surface area contributed by atoms with Crippen LogP contribution in [0.4, 0.5) is 5.95 Å². The van der Waals surface area contributed by atoms with Gasteiger partial charge in [-0.1, -0.05) is 6.07 Å². The molecule has 2 aromatic heterocycles. The summed E-state index contributed by atoms with van der Waals surface area (Å²) < 4.78 is 0. The van der Waals surface area contributed by atoms with Gasteiger partial charge in [-0.3, -0.25) is 0 Å². The summed E-state index contributed by atoms with van der Waals surface area (Å²) >= 11 is 0. The number of nitrogens with one attached hydrogen (secondary N) is 1. The Morgan fingerprint density at radius 3 is 1.90 bits per heavy atom. The maximum absolute atomic E-state index is 10.2. The van der Waals surface area contributed by atoms with Gasteiger partial charge in [0.25, 0.3) is 0 Å². The molecule has 2 aromatic rings. The van der Waals surface area contributed by atoms with Crippen molar-refractivity contribution in [3.63, 3.8) is 0 Å². The second-order valence-electron chi connectivity index (χ2n) is 2.85. The summed E-state index contributed by atoms with van der Waals surface area (Å²) in [5, 5.41) is 26.3. The van der Waals surface area contributed by atoms with E-state index in [0.29, 0.717) is 5.95 Å². The van der Waals surface area contributed by atoms with Gasteiger partial charge in [0.05, 0.1) is 23.3 Å². The van der Waals surface area contributed by atoms with Crippen molar-refractivity contribution in [3.8, 4) is 0 Å². The number of aromatic nitrogens is 4. The molecule has 0 bridgehead atoms. The molecule has 111 valence electrons. The van der Waals surface area contributed by atoms with Gasteiger partial charge in [0, 0.05) is 0 Å². The number of nitrogen functional groups attached to an aromatic ring is 1. The quantitative estimate of drug-likeness (QED) is 0.526. The first-order valence-electron chi connectivity index (χ1n) is 4.51. The Kier molecular flexibility index (Phi) is 9.37. The zero-order valence-electron chi connectivity index (χ0n) is 9.66. The summed E-state index contributed by atoms with van der Waals surface area (Å²) in [4.78, 5) is 27.2. The molecular weight excluding hydrogens is 322 g/mol. The molecule has 0 unspecified atom stereocenters.